The number of carbonyl (C=O) groups is 1. The van der Waals surface area contributed by atoms with Crippen LogP contribution in [0.3, 0.4) is 0 Å². The third-order valence-electron chi connectivity index (χ3n) is 4.96. The normalized spacial score (nSPS) is 11.0. The van der Waals surface area contributed by atoms with Gasteiger partial charge < -0.3 is 9.88 Å². The summed E-state index contributed by atoms with van der Waals surface area (Å²) in [6.07, 6.45) is -2.75. The molecule has 0 bridgehead atoms. The lowest BCUT2D eigenvalue weighted by molar-refractivity contribution is 0.0730. The molecule has 1 N–H and O–H groups in total. The van der Waals surface area contributed by atoms with Gasteiger partial charge in [-0.25, -0.2) is 18.2 Å². The lowest BCUT2D eigenvalue weighted by atomic mass is 10.1. The monoisotopic (exact) mass is 434 g/mol. The second-order valence-electron chi connectivity index (χ2n) is 7.25. The largest absolute Gasteiger partial charge is 0.337 e. The van der Waals surface area contributed by atoms with Gasteiger partial charge in [0.15, 0.2) is 5.82 Å². The summed E-state index contributed by atoms with van der Waals surface area (Å²) in [6, 6.07) is 19.3. The Morgan fingerprint density at radius 1 is 1.03 bits per heavy atom. The third-order valence-corrected chi connectivity index (χ3v) is 4.96. The second-order valence-corrected chi connectivity index (χ2v) is 7.25. The van der Waals surface area contributed by atoms with E-state index in [4.69, 9.17) is 5.26 Å². The van der Waals surface area contributed by atoms with E-state index in [0.717, 1.165) is 5.56 Å². The fourth-order valence-corrected chi connectivity index (χ4v) is 3.41. The van der Waals surface area contributed by atoms with Crippen molar-refractivity contribution in [2.75, 3.05) is 0 Å². The topological polar surface area (TPSA) is 72.8 Å². The number of aromatic nitrogens is 2. The van der Waals surface area contributed by atoms with Crippen molar-refractivity contribution < 1.29 is 18.0 Å². The molecule has 0 fully saturated rings. The van der Waals surface area contributed by atoms with Gasteiger partial charge in [0.25, 0.3) is 12.3 Å². The molecule has 1 amide bonds. The number of rotatable bonds is 6. The van der Waals surface area contributed by atoms with Gasteiger partial charge in [0.1, 0.15) is 5.82 Å². The van der Waals surface area contributed by atoms with Gasteiger partial charge in [-0.1, -0.05) is 24.3 Å². The molecule has 160 valence electrons. The van der Waals surface area contributed by atoms with Crippen LogP contribution in [0.1, 0.15) is 39.3 Å². The minimum Gasteiger partial charge on any atom is -0.337 e. The number of hydrogen-bond acceptors (Lipinski definition) is 3. The van der Waals surface area contributed by atoms with Gasteiger partial charge in [0.05, 0.1) is 22.7 Å². The van der Waals surface area contributed by atoms with Gasteiger partial charge in [-0.15, -0.1) is 0 Å². The highest BCUT2D eigenvalue weighted by Gasteiger charge is 2.19. The van der Waals surface area contributed by atoms with Gasteiger partial charge in [-0.2, -0.15) is 5.26 Å². The number of fused-ring (bicyclic) bond motifs is 1. The molecular weight excluding hydrogens is 417 g/mol. The van der Waals surface area contributed by atoms with E-state index in [2.05, 4.69) is 9.97 Å². The predicted molar refractivity (Wildman–Crippen MR) is 112 cm³/mol. The molecule has 32 heavy (non-hydrogen) atoms. The van der Waals surface area contributed by atoms with E-state index < -0.39 is 18.1 Å². The Morgan fingerprint density at radius 3 is 2.47 bits per heavy atom. The highest BCUT2D eigenvalue weighted by molar-refractivity contribution is 5.97. The average Bonchev–Trinajstić information content (AvgIpc) is 3.22. The number of imidazole rings is 1. The minimum atomic E-state index is -2.75. The molecule has 5 nitrogen and oxygen atoms in total. The van der Waals surface area contributed by atoms with Crippen LogP contribution in [0.4, 0.5) is 13.2 Å². The molecular formula is C24H17F3N4O. The first kappa shape index (κ1) is 21.1. The highest BCUT2D eigenvalue weighted by Crippen LogP contribution is 2.22. The number of aromatic amines is 1. The fourth-order valence-electron chi connectivity index (χ4n) is 3.41. The molecule has 1 heterocycles. The molecule has 0 aliphatic carbocycles. The number of H-pyrrole nitrogens is 1. The van der Waals surface area contributed by atoms with E-state index in [1.54, 1.807) is 36.4 Å². The van der Waals surface area contributed by atoms with Crippen molar-refractivity contribution in [3.8, 4) is 6.07 Å². The Kier molecular flexibility index (Phi) is 5.90. The number of halogens is 3. The number of alkyl halides is 2. The van der Waals surface area contributed by atoms with E-state index in [1.807, 2.05) is 6.07 Å². The molecule has 0 radical (unpaired) electrons. The zero-order chi connectivity index (χ0) is 22.7. The summed E-state index contributed by atoms with van der Waals surface area (Å²) in [7, 11) is 0. The van der Waals surface area contributed by atoms with Crippen molar-refractivity contribution in [3.05, 3.63) is 101 Å². The summed E-state index contributed by atoms with van der Waals surface area (Å²) < 4.78 is 39.6. The van der Waals surface area contributed by atoms with Gasteiger partial charge in [0, 0.05) is 18.7 Å². The molecule has 0 saturated carbocycles. The minimum absolute atomic E-state index is 0.139. The summed E-state index contributed by atoms with van der Waals surface area (Å²) in [5.74, 6) is -1.22. The Balaban J connectivity index is 1.66. The molecule has 0 atom stereocenters. The van der Waals surface area contributed by atoms with E-state index in [0.29, 0.717) is 22.2 Å². The number of carbonyl (C=O) groups excluding carboxylic acids is 1. The molecule has 1 aromatic heterocycles. The average molecular weight is 434 g/mol. The van der Waals surface area contributed by atoms with Crippen LogP contribution in [0.2, 0.25) is 0 Å². The van der Waals surface area contributed by atoms with Gasteiger partial charge in [-0.3, -0.25) is 4.79 Å². The first-order valence-corrected chi connectivity index (χ1v) is 9.73. The number of nitrogens with zero attached hydrogens (tertiary/aromatic N) is 3. The van der Waals surface area contributed by atoms with Crippen LogP contribution in [-0.4, -0.2) is 20.8 Å². The summed E-state index contributed by atoms with van der Waals surface area (Å²) in [4.78, 5) is 21.2. The molecule has 0 unspecified atom stereocenters. The van der Waals surface area contributed by atoms with Crippen molar-refractivity contribution >= 4 is 16.9 Å². The summed E-state index contributed by atoms with van der Waals surface area (Å²) in [5.41, 5.74) is 2.84. The molecule has 4 aromatic rings. The van der Waals surface area contributed by atoms with Crippen LogP contribution < -0.4 is 0 Å². The summed E-state index contributed by atoms with van der Waals surface area (Å²) in [6.45, 7) is 0.351. The molecule has 0 spiro atoms. The zero-order valence-corrected chi connectivity index (χ0v) is 16.7. The Morgan fingerprint density at radius 2 is 1.78 bits per heavy atom. The maximum atomic E-state index is 13.7. The SMILES string of the molecule is N#Cc1ccc(CN(Cc2cccc(F)c2)C(=O)c2ccc3nc(C(F)F)[nH]c3c2)cc1. The summed E-state index contributed by atoms with van der Waals surface area (Å²) in [5, 5.41) is 8.99. The summed E-state index contributed by atoms with van der Waals surface area (Å²) >= 11 is 0. The molecule has 3 aromatic carbocycles. The lowest BCUT2D eigenvalue weighted by Crippen LogP contribution is -2.30. The number of nitrogens with one attached hydrogen (secondary N) is 1. The smallest absolute Gasteiger partial charge is 0.295 e. The van der Waals surface area contributed by atoms with Crippen LogP contribution in [0.5, 0.6) is 0 Å². The van der Waals surface area contributed by atoms with Crippen LogP contribution >= 0.6 is 0 Å². The first-order chi connectivity index (χ1) is 15.4. The van der Waals surface area contributed by atoms with E-state index in [-0.39, 0.29) is 24.6 Å². The van der Waals surface area contributed by atoms with E-state index in [1.165, 1.54) is 35.2 Å². The number of benzene rings is 3. The van der Waals surface area contributed by atoms with Crippen molar-refractivity contribution in [2.24, 2.45) is 0 Å². The number of nitriles is 1. The van der Waals surface area contributed by atoms with Crippen molar-refractivity contribution in [1.29, 1.82) is 5.26 Å². The van der Waals surface area contributed by atoms with Crippen molar-refractivity contribution in [2.45, 2.75) is 19.5 Å². The quantitative estimate of drug-likeness (QED) is 0.444. The lowest BCUT2D eigenvalue weighted by Gasteiger charge is -2.23. The first-order valence-electron chi connectivity index (χ1n) is 9.73. The molecule has 0 aliphatic rings. The van der Waals surface area contributed by atoms with Gasteiger partial charge in [-0.05, 0) is 53.6 Å². The number of hydrogen-bond donors (Lipinski definition) is 1. The van der Waals surface area contributed by atoms with Crippen LogP contribution in [0, 0.1) is 17.1 Å². The number of amides is 1. The Bertz CT molecular complexity index is 1310. The highest BCUT2D eigenvalue weighted by atomic mass is 19.3. The molecule has 0 saturated heterocycles. The standard InChI is InChI=1S/C24H17F3N4O/c25-19-3-1-2-17(10-19)14-31(13-16-6-4-15(12-28)5-7-16)24(32)18-8-9-20-21(11-18)30-23(29-20)22(26)27/h1-11,22H,13-14H2,(H,29,30). The molecule has 4 rings (SSSR count). The van der Waals surface area contributed by atoms with E-state index in [9.17, 15) is 18.0 Å². The maximum absolute atomic E-state index is 13.7. The second kappa shape index (κ2) is 8.94. The van der Waals surface area contributed by atoms with Gasteiger partial charge in [0.2, 0.25) is 0 Å². The fraction of sp³-hybridized carbons (Fsp3) is 0.125. The Labute approximate surface area is 181 Å². The van der Waals surface area contributed by atoms with E-state index >= 15 is 0 Å². The molecule has 8 heteroatoms. The Hall–Kier alpha value is -4.12. The van der Waals surface area contributed by atoms with Crippen LogP contribution in [-0.2, 0) is 13.1 Å². The maximum Gasteiger partial charge on any atom is 0.295 e. The zero-order valence-electron chi connectivity index (χ0n) is 16.7. The van der Waals surface area contributed by atoms with Crippen LogP contribution in [0.25, 0.3) is 11.0 Å². The van der Waals surface area contributed by atoms with Crippen molar-refractivity contribution in [1.82, 2.24) is 14.9 Å². The van der Waals surface area contributed by atoms with Crippen molar-refractivity contribution in [3.63, 3.8) is 0 Å². The van der Waals surface area contributed by atoms with Gasteiger partial charge >= 0.3 is 0 Å². The molecule has 0 aliphatic heterocycles. The predicted octanol–water partition coefficient (Wildman–Crippen LogP) is 5.35. The van der Waals surface area contributed by atoms with Crippen LogP contribution in [0.15, 0.2) is 66.7 Å². The third kappa shape index (κ3) is 4.62.